The Balaban J connectivity index is 2.31. The van der Waals surface area contributed by atoms with Gasteiger partial charge in [-0.2, -0.15) is 0 Å². The van der Waals surface area contributed by atoms with Crippen LogP contribution in [-0.4, -0.2) is 7.05 Å². The fraction of sp³-hybridized carbons (Fsp3) is 0.294. The minimum Gasteiger partial charge on any atom is -0.313 e. The molecule has 106 valence electrons. The van der Waals surface area contributed by atoms with Crippen molar-refractivity contribution in [3.05, 3.63) is 69.4 Å². The van der Waals surface area contributed by atoms with Crippen molar-refractivity contribution in [2.75, 3.05) is 7.05 Å². The zero-order valence-electron chi connectivity index (χ0n) is 11.8. The third-order valence-corrected chi connectivity index (χ3v) is 4.50. The Bertz CT molecular complexity index is 583. The molecular formula is C17H19BrFN. The number of hydrogen-bond acceptors (Lipinski definition) is 1. The van der Waals surface area contributed by atoms with Crippen molar-refractivity contribution in [2.24, 2.45) is 0 Å². The topological polar surface area (TPSA) is 12.0 Å². The SMILES string of the molecule is CCc1ccccc1C(Cc1cccc(F)c1Br)NC. The number of benzene rings is 2. The van der Waals surface area contributed by atoms with Gasteiger partial charge in [0.05, 0.1) is 4.47 Å². The highest BCUT2D eigenvalue weighted by Gasteiger charge is 2.15. The predicted molar refractivity (Wildman–Crippen MR) is 85.4 cm³/mol. The second-order valence-electron chi connectivity index (χ2n) is 4.81. The number of hydrogen-bond donors (Lipinski definition) is 1. The summed E-state index contributed by atoms with van der Waals surface area (Å²) in [5.74, 6) is -0.207. The molecule has 20 heavy (non-hydrogen) atoms. The van der Waals surface area contributed by atoms with Crippen LogP contribution in [0.2, 0.25) is 0 Å². The van der Waals surface area contributed by atoms with E-state index in [1.807, 2.05) is 13.1 Å². The molecule has 1 unspecified atom stereocenters. The lowest BCUT2D eigenvalue weighted by Crippen LogP contribution is -2.20. The zero-order valence-corrected chi connectivity index (χ0v) is 13.4. The molecule has 1 nitrogen and oxygen atoms in total. The first kappa shape index (κ1) is 15.2. The third kappa shape index (κ3) is 3.28. The van der Waals surface area contributed by atoms with Crippen LogP contribution in [-0.2, 0) is 12.8 Å². The first-order chi connectivity index (χ1) is 9.67. The Labute approximate surface area is 128 Å². The van der Waals surface area contributed by atoms with E-state index < -0.39 is 0 Å². The van der Waals surface area contributed by atoms with Gasteiger partial charge in [-0.15, -0.1) is 0 Å². The van der Waals surface area contributed by atoms with Gasteiger partial charge in [0, 0.05) is 6.04 Å². The summed E-state index contributed by atoms with van der Waals surface area (Å²) in [7, 11) is 1.95. The van der Waals surface area contributed by atoms with E-state index in [1.165, 1.54) is 17.2 Å². The number of rotatable bonds is 5. The maximum Gasteiger partial charge on any atom is 0.137 e. The summed E-state index contributed by atoms with van der Waals surface area (Å²) in [5, 5.41) is 3.34. The molecule has 3 heteroatoms. The molecule has 2 aromatic rings. The van der Waals surface area contributed by atoms with Crippen LogP contribution in [0, 0.1) is 5.82 Å². The molecule has 0 aliphatic carbocycles. The van der Waals surface area contributed by atoms with Crippen molar-refractivity contribution in [1.29, 1.82) is 0 Å². The molecule has 1 atom stereocenters. The van der Waals surface area contributed by atoms with Gasteiger partial charge in [0.2, 0.25) is 0 Å². The number of nitrogens with one attached hydrogen (secondary N) is 1. The molecule has 0 saturated carbocycles. The summed E-state index contributed by atoms with van der Waals surface area (Å²) in [6.07, 6.45) is 1.75. The molecule has 0 fully saturated rings. The van der Waals surface area contributed by atoms with Gasteiger partial charge in [-0.3, -0.25) is 0 Å². The van der Waals surface area contributed by atoms with E-state index in [0.29, 0.717) is 4.47 Å². The smallest absolute Gasteiger partial charge is 0.137 e. The molecule has 2 aromatic carbocycles. The van der Waals surface area contributed by atoms with Crippen LogP contribution >= 0.6 is 15.9 Å². The Hall–Kier alpha value is -1.19. The van der Waals surface area contributed by atoms with Gasteiger partial charge in [0.1, 0.15) is 5.82 Å². The van der Waals surface area contributed by atoms with Crippen LogP contribution in [0.25, 0.3) is 0 Å². The van der Waals surface area contributed by atoms with Crippen molar-refractivity contribution in [1.82, 2.24) is 5.32 Å². The van der Waals surface area contributed by atoms with Crippen molar-refractivity contribution in [3.63, 3.8) is 0 Å². The minimum absolute atomic E-state index is 0.184. The van der Waals surface area contributed by atoms with Crippen LogP contribution < -0.4 is 5.32 Å². The standard InChI is InChI=1S/C17H19BrFN/c1-3-12-7-4-5-9-14(12)16(20-2)11-13-8-6-10-15(19)17(13)18/h4-10,16,20H,3,11H2,1-2H3. The molecule has 0 bridgehead atoms. The molecule has 0 spiro atoms. The molecule has 1 N–H and O–H groups in total. The van der Waals surface area contributed by atoms with Crippen molar-refractivity contribution < 1.29 is 4.39 Å². The van der Waals surface area contributed by atoms with Crippen molar-refractivity contribution in [2.45, 2.75) is 25.8 Å². The minimum atomic E-state index is -0.207. The fourth-order valence-corrected chi connectivity index (χ4v) is 2.92. The summed E-state index contributed by atoms with van der Waals surface area (Å²) < 4.78 is 14.2. The average Bonchev–Trinajstić information content (AvgIpc) is 2.49. The van der Waals surface area contributed by atoms with Crippen LogP contribution in [0.15, 0.2) is 46.9 Å². The first-order valence-corrected chi connectivity index (χ1v) is 7.64. The fourth-order valence-electron chi connectivity index (χ4n) is 2.49. The van der Waals surface area contributed by atoms with E-state index in [1.54, 1.807) is 6.07 Å². The second-order valence-corrected chi connectivity index (χ2v) is 5.60. The van der Waals surface area contributed by atoms with Crippen molar-refractivity contribution in [3.8, 4) is 0 Å². The Morgan fingerprint density at radius 2 is 1.80 bits per heavy atom. The van der Waals surface area contributed by atoms with E-state index in [4.69, 9.17) is 0 Å². The summed E-state index contributed by atoms with van der Waals surface area (Å²) in [4.78, 5) is 0. The lowest BCUT2D eigenvalue weighted by Gasteiger charge is -2.20. The molecule has 0 aliphatic heterocycles. The highest BCUT2D eigenvalue weighted by molar-refractivity contribution is 9.10. The van der Waals surface area contributed by atoms with E-state index in [-0.39, 0.29) is 11.9 Å². The normalized spacial score (nSPS) is 12.4. The molecule has 0 aliphatic rings. The maximum atomic E-state index is 13.6. The molecular weight excluding hydrogens is 317 g/mol. The van der Waals surface area contributed by atoms with Crippen LogP contribution in [0.1, 0.15) is 29.7 Å². The summed E-state index contributed by atoms with van der Waals surface area (Å²) in [6, 6.07) is 13.8. The molecule has 0 radical (unpaired) electrons. The van der Waals surface area contributed by atoms with Crippen molar-refractivity contribution >= 4 is 15.9 Å². The Morgan fingerprint density at radius 1 is 1.10 bits per heavy atom. The molecule has 2 rings (SSSR count). The zero-order chi connectivity index (χ0) is 14.5. The summed E-state index contributed by atoms with van der Waals surface area (Å²) in [6.45, 7) is 2.16. The predicted octanol–water partition coefficient (Wildman–Crippen LogP) is 4.65. The van der Waals surface area contributed by atoms with Gasteiger partial charge in [-0.1, -0.05) is 43.3 Å². The van der Waals surface area contributed by atoms with Crippen LogP contribution in [0.3, 0.4) is 0 Å². The number of likely N-dealkylation sites (N-methyl/N-ethyl adjacent to an activating group) is 1. The van der Waals surface area contributed by atoms with Gasteiger partial charge >= 0.3 is 0 Å². The molecule has 0 saturated heterocycles. The number of halogens is 2. The van der Waals surface area contributed by atoms with Crippen LogP contribution in [0.4, 0.5) is 4.39 Å². The van der Waals surface area contributed by atoms with Gasteiger partial charge < -0.3 is 5.32 Å². The maximum absolute atomic E-state index is 13.6. The van der Waals surface area contributed by atoms with Gasteiger partial charge in [-0.25, -0.2) is 4.39 Å². The van der Waals surface area contributed by atoms with E-state index in [2.05, 4.69) is 52.4 Å². The van der Waals surface area contributed by atoms with Crippen LogP contribution in [0.5, 0.6) is 0 Å². The lowest BCUT2D eigenvalue weighted by molar-refractivity contribution is 0.576. The largest absolute Gasteiger partial charge is 0.313 e. The molecule has 0 amide bonds. The van der Waals surface area contributed by atoms with E-state index >= 15 is 0 Å². The van der Waals surface area contributed by atoms with E-state index in [9.17, 15) is 4.39 Å². The first-order valence-electron chi connectivity index (χ1n) is 6.85. The monoisotopic (exact) mass is 335 g/mol. The Kier molecular flexibility index (Phi) is 5.32. The summed E-state index contributed by atoms with van der Waals surface area (Å²) in [5.41, 5.74) is 3.60. The highest BCUT2D eigenvalue weighted by Crippen LogP contribution is 2.27. The molecule has 0 heterocycles. The number of aryl methyl sites for hydroxylation is 1. The third-order valence-electron chi connectivity index (χ3n) is 3.62. The summed E-state index contributed by atoms with van der Waals surface area (Å²) >= 11 is 3.34. The second kappa shape index (κ2) is 7.00. The van der Waals surface area contributed by atoms with E-state index in [0.717, 1.165) is 18.4 Å². The highest BCUT2D eigenvalue weighted by atomic mass is 79.9. The molecule has 0 aromatic heterocycles. The quantitative estimate of drug-likeness (QED) is 0.838. The lowest BCUT2D eigenvalue weighted by atomic mass is 9.94. The van der Waals surface area contributed by atoms with Gasteiger partial charge in [-0.05, 0) is 58.6 Å². The van der Waals surface area contributed by atoms with Gasteiger partial charge in [0.25, 0.3) is 0 Å². The Morgan fingerprint density at radius 3 is 2.50 bits per heavy atom. The average molecular weight is 336 g/mol. The van der Waals surface area contributed by atoms with Gasteiger partial charge in [0.15, 0.2) is 0 Å².